The van der Waals surface area contributed by atoms with E-state index in [4.69, 9.17) is 5.11 Å². The summed E-state index contributed by atoms with van der Waals surface area (Å²) in [6.07, 6.45) is 0.959. The molecule has 0 fully saturated rings. The SMILES string of the molecule is Cc1[nH]c(C(=O)O)c(C)c1S(=O)(=O)NCCNS(C)(=O)=O. The highest BCUT2D eigenvalue weighted by atomic mass is 32.2. The number of hydrogen-bond acceptors (Lipinski definition) is 5. The van der Waals surface area contributed by atoms with Crippen molar-refractivity contribution >= 4 is 26.0 Å². The molecule has 4 N–H and O–H groups in total. The second kappa shape index (κ2) is 6.13. The van der Waals surface area contributed by atoms with E-state index < -0.39 is 26.0 Å². The van der Waals surface area contributed by atoms with Crippen molar-refractivity contribution in [3.8, 4) is 0 Å². The zero-order chi connectivity index (χ0) is 16.4. The van der Waals surface area contributed by atoms with Crippen LogP contribution in [0, 0.1) is 13.8 Å². The molecule has 1 aromatic heterocycles. The number of nitrogens with one attached hydrogen (secondary N) is 3. The van der Waals surface area contributed by atoms with Crippen LogP contribution in [-0.2, 0) is 20.0 Å². The normalized spacial score (nSPS) is 12.5. The third-order valence-corrected chi connectivity index (χ3v) is 5.10. The number of aromatic nitrogens is 1. The largest absolute Gasteiger partial charge is 0.477 e. The molecule has 1 rings (SSSR count). The monoisotopic (exact) mass is 339 g/mol. The molecule has 0 aliphatic rings. The summed E-state index contributed by atoms with van der Waals surface area (Å²) in [6, 6.07) is 0. The summed E-state index contributed by atoms with van der Waals surface area (Å²) in [5.41, 5.74) is 0.110. The van der Waals surface area contributed by atoms with Crippen LogP contribution < -0.4 is 9.44 Å². The molecular formula is C10H17N3O6S2. The van der Waals surface area contributed by atoms with Gasteiger partial charge in [0.05, 0.1) is 6.26 Å². The lowest BCUT2D eigenvalue weighted by Gasteiger charge is -2.08. The molecule has 0 saturated carbocycles. The Balaban J connectivity index is 2.92. The average Bonchev–Trinajstić information content (AvgIpc) is 2.60. The zero-order valence-corrected chi connectivity index (χ0v) is 13.4. The summed E-state index contributed by atoms with van der Waals surface area (Å²) in [7, 11) is -7.33. The Hall–Kier alpha value is -1.43. The van der Waals surface area contributed by atoms with Gasteiger partial charge >= 0.3 is 5.97 Å². The number of carbonyl (C=O) groups is 1. The highest BCUT2D eigenvalue weighted by Gasteiger charge is 2.25. The molecule has 0 spiro atoms. The highest BCUT2D eigenvalue weighted by Crippen LogP contribution is 2.22. The first-order valence-electron chi connectivity index (χ1n) is 5.82. The van der Waals surface area contributed by atoms with Crippen LogP contribution >= 0.6 is 0 Å². The topological polar surface area (TPSA) is 145 Å². The molecule has 120 valence electrons. The van der Waals surface area contributed by atoms with Crippen molar-refractivity contribution in [1.82, 2.24) is 14.4 Å². The fourth-order valence-corrected chi connectivity index (χ4v) is 3.79. The van der Waals surface area contributed by atoms with Crippen molar-refractivity contribution in [2.45, 2.75) is 18.7 Å². The molecule has 1 heterocycles. The number of H-pyrrole nitrogens is 1. The van der Waals surface area contributed by atoms with Crippen LogP contribution in [0.4, 0.5) is 0 Å². The first-order chi connectivity index (χ1) is 9.46. The van der Waals surface area contributed by atoms with Gasteiger partial charge in [-0.1, -0.05) is 0 Å². The molecule has 0 radical (unpaired) electrons. The van der Waals surface area contributed by atoms with Crippen LogP contribution in [0.25, 0.3) is 0 Å². The molecular weight excluding hydrogens is 322 g/mol. The lowest BCUT2D eigenvalue weighted by Crippen LogP contribution is -2.34. The fraction of sp³-hybridized carbons (Fsp3) is 0.500. The molecule has 9 nitrogen and oxygen atoms in total. The van der Waals surface area contributed by atoms with Crippen LogP contribution in [0.15, 0.2) is 4.90 Å². The number of sulfonamides is 2. The van der Waals surface area contributed by atoms with Gasteiger partial charge in [0, 0.05) is 24.3 Å². The molecule has 11 heteroatoms. The maximum Gasteiger partial charge on any atom is 0.352 e. The van der Waals surface area contributed by atoms with Gasteiger partial charge in [-0.05, 0) is 13.8 Å². The quantitative estimate of drug-likeness (QED) is 0.476. The summed E-state index contributed by atoms with van der Waals surface area (Å²) in [4.78, 5) is 13.3. The molecule has 0 saturated heterocycles. The second-order valence-corrected chi connectivity index (χ2v) is 7.99. The lowest BCUT2D eigenvalue weighted by atomic mass is 10.2. The molecule has 0 aromatic carbocycles. The van der Waals surface area contributed by atoms with Gasteiger partial charge in [0.2, 0.25) is 20.0 Å². The minimum Gasteiger partial charge on any atom is -0.477 e. The molecule has 0 unspecified atom stereocenters. The Kier molecular flexibility index (Phi) is 5.15. The molecule has 0 atom stereocenters. The predicted octanol–water partition coefficient (Wildman–Crippen LogP) is -0.843. The number of aromatic amines is 1. The minimum absolute atomic E-state index is 0.101. The van der Waals surface area contributed by atoms with Crippen molar-refractivity contribution < 1.29 is 26.7 Å². The van der Waals surface area contributed by atoms with Gasteiger partial charge in [-0.3, -0.25) is 0 Å². The van der Waals surface area contributed by atoms with Crippen molar-refractivity contribution in [2.75, 3.05) is 19.3 Å². The van der Waals surface area contributed by atoms with E-state index in [2.05, 4.69) is 14.4 Å². The van der Waals surface area contributed by atoms with Crippen LogP contribution in [-0.4, -0.2) is 52.2 Å². The lowest BCUT2D eigenvalue weighted by molar-refractivity contribution is 0.0690. The molecule has 0 amide bonds. The van der Waals surface area contributed by atoms with Crippen molar-refractivity contribution in [1.29, 1.82) is 0 Å². The summed E-state index contributed by atoms with van der Waals surface area (Å²) < 4.78 is 50.3. The maximum absolute atomic E-state index is 12.1. The van der Waals surface area contributed by atoms with E-state index in [1.807, 2.05) is 0 Å². The predicted molar refractivity (Wildman–Crippen MR) is 75.3 cm³/mol. The van der Waals surface area contributed by atoms with Crippen molar-refractivity contribution in [2.24, 2.45) is 0 Å². The first kappa shape index (κ1) is 17.6. The Bertz CT molecular complexity index is 748. The van der Waals surface area contributed by atoms with Crippen LogP contribution in [0.3, 0.4) is 0 Å². The van der Waals surface area contributed by atoms with Gasteiger partial charge in [0.1, 0.15) is 10.6 Å². The summed E-state index contributed by atoms with van der Waals surface area (Å²) in [5.74, 6) is -1.25. The van der Waals surface area contributed by atoms with Crippen molar-refractivity contribution in [3.63, 3.8) is 0 Å². The van der Waals surface area contributed by atoms with Crippen LogP contribution in [0.2, 0.25) is 0 Å². The van der Waals surface area contributed by atoms with E-state index in [1.54, 1.807) is 0 Å². The molecule has 0 aliphatic heterocycles. The summed E-state index contributed by atoms with van der Waals surface area (Å²) >= 11 is 0. The average molecular weight is 339 g/mol. The van der Waals surface area contributed by atoms with Crippen LogP contribution in [0.5, 0.6) is 0 Å². The first-order valence-corrected chi connectivity index (χ1v) is 9.20. The maximum atomic E-state index is 12.1. The van der Waals surface area contributed by atoms with E-state index in [1.165, 1.54) is 13.8 Å². The third kappa shape index (κ3) is 4.52. The van der Waals surface area contributed by atoms with E-state index in [9.17, 15) is 21.6 Å². The van der Waals surface area contributed by atoms with E-state index in [0.29, 0.717) is 0 Å². The van der Waals surface area contributed by atoms with Gasteiger partial charge < -0.3 is 10.1 Å². The molecule has 1 aromatic rings. The standard InChI is InChI=1S/C10H17N3O6S2/c1-6-8(10(14)15)13-7(2)9(6)21(18,19)12-5-4-11-20(3,16)17/h11-13H,4-5H2,1-3H3,(H,14,15). The number of aromatic carboxylic acids is 1. The molecule has 0 aliphatic carbocycles. The number of hydrogen-bond donors (Lipinski definition) is 4. The van der Waals surface area contributed by atoms with Gasteiger partial charge in [-0.15, -0.1) is 0 Å². The Morgan fingerprint density at radius 2 is 1.67 bits per heavy atom. The second-order valence-electron chi connectivity index (χ2n) is 4.45. The van der Waals surface area contributed by atoms with Gasteiger partial charge in [0.25, 0.3) is 0 Å². The number of rotatable bonds is 7. The molecule has 21 heavy (non-hydrogen) atoms. The van der Waals surface area contributed by atoms with Gasteiger partial charge in [-0.2, -0.15) is 0 Å². The fourth-order valence-electron chi connectivity index (χ4n) is 1.84. The van der Waals surface area contributed by atoms with E-state index in [0.717, 1.165) is 6.26 Å². The van der Waals surface area contributed by atoms with E-state index >= 15 is 0 Å². The Morgan fingerprint density at radius 3 is 2.10 bits per heavy atom. The number of carboxylic acids is 1. The number of aryl methyl sites for hydroxylation is 1. The zero-order valence-electron chi connectivity index (χ0n) is 11.7. The third-order valence-electron chi connectivity index (χ3n) is 2.63. The van der Waals surface area contributed by atoms with Gasteiger partial charge in [0.15, 0.2) is 0 Å². The Morgan fingerprint density at radius 1 is 1.14 bits per heavy atom. The smallest absolute Gasteiger partial charge is 0.352 e. The number of carboxylic acid groups (broad SMARTS) is 1. The Labute approximate surface area is 122 Å². The summed E-state index contributed by atoms with van der Waals surface area (Å²) in [5, 5.41) is 8.95. The van der Waals surface area contributed by atoms with Crippen LogP contribution in [0.1, 0.15) is 21.7 Å². The van der Waals surface area contributed by atoms with Crippen molar-refractivity contribution in [3.05, 3.63) is 17.0 Å². The van der Waals surface area contributed by atoms with E-state index in [-0.39, 0.29) is 34.9 Å². The minimum atomic E-state index is -3.93. The highest BCUT2D eigenvalue weighted by molar-refractivity contribution is 7.89. The molecule has 0 bridgehead atoms. The summed E-state index contributed by atoms with van der Waals surface area (Å²) in [6.45, 7) is 2.58. The van der Waals surface area contributed by atoms with Gasteiger partial charge in [-0.25, -0.2) is 31.1 Å².